The Morgan fingerprint density at radius 3 is 2.94 bits per heavy atom. The zero-order chi connectivity index (χ0) is 12.4. The van der Waals surface area contributed by atoms with E-state index in [-0.39, 0.29) is 6.04 Å². The van der Waals surface area contributed by atoms with E-state index < -0.39 is 0 Å². The Labute approximate surface area is 105 Å². The first-order chi connectivity index (χ1) is 8.83. The molecule has 1 N–H and O–H groups in total. The van der Waals surface area contributed by atoms with Crippen molar-refractivity contribution >= 4 is 11.0 Å². The van der Waals surface area contributed by atoms with Crippen molar-refractivity contribution in [1.82, 2.24) is 10.5 Å². The minimum atomic E-state index is 0.133. The summed E-state index contributed by atoms with van der Waals surface area (Å²) in [5.74, 6) is 0.930. The lowest BCUT2D eigenvalue weighted by molar-refractivity contribution is 0.400. The number of furan rings is 1. The van der Waals surface area contributed by atoms with Crippen LogP contribution in [0.4, 0.5) is 0 Å². The average Bonchev–Trinajstić information content (AvgIpc) is 3.04. The monoisotopic (exact) mass is 242 g/mol. The van der Waals surface area contributed by atoms with Gasteiger partial charge in [-0.3, -0.25) is 0 Å². The average molecular weight is 242 g/mol. The molecule has 0 spiro atoms. The number of rotatable bonds is 4. The maximum Gasteiger partial charge on any atom is 0.134 e. The quantitative estimate of drug-likeness (QED) is 0.762. The number of hydrogen-bond donors (Lipinski definition) is 1. The summed E-state index contributed by atoms with van der Waals surface area (Å²) in [5, 5.41) is 8.33. The van der Waals surface area contributed by atoms with Gasteiger partial charge in [0.05, 0.1) is 11.7 Å². The highest BCUT2D eigenvalue weighted by atomic mass is 16.5. The molecule has 4 heteroatoms. The van der Waals surface area contributed by atoms with Crippen LogP contribution in [0.1, 0.15) is 24.4 Å². The molecule has 3 aromatic rings. The number of fused-ring (bicyclic) bond motifs is 1. The number of aromatic nitrogens is 1. The Morgan fingerprint density at radius 2 is 2.17 bits per heavy atom. The van der Waals surface area contributed by atoms with Gasteiger partial charge in [-0.2, -0.15) is 0 Å². The molecule has 0 fully saturated rings. The highest BCUT2D eigenvalue weighted by Gasteiger charge is 2.11. The standard InChI is InChI=1S/C14H14N2O2/c1-10(15-9-12-6-7-17-16-12)14-8-11-4-2-3-5-13(11)18-14/h2-8,10,15H,9H2,1H3. The van der Waals surface area contributed by atoms with Crippen LogP contribution >= 0.6 is 0 Å². The van der Waals surface area contributed by atoms with Crippen molar-refractivity contribution in [3.63, 3.8) is 0 Å². The number of nitrogens with one attached hydrogen (secondary N) is 1. The van der Waals surface area contributed by atoms with Crippen LogP contribution in [-0.4, -0.2) is 5.16 Å². The van der Waals surface area contributed by atoms with Crippen LogP contribution in [0.3, 0.4) is 0 Å². The van der Waals surface area contributed by atoms with Gasteiger partial charge >= 0.3 is 0 Å². The first-order valence-corrected chi connectivity index (χ1v) is 5.94. The lowest BCUT2D eigenvalue weighted by atomic mass is 10.2. The van der Waals surface area contributed by atoms with Gasteiger partial charge in [0.2, 0.25) is 0 Å². The molecule has 0 saturated carbocycles. The largest absolute Gasteiger partial charge is 0.459 e. The van der Waals surface area contributed by atoms with Crippen LogP contribution in [0.5, 0.6) is 0 Å². The van der Waals surface area contributed by atoms with Crippen molar-refractivity contribution < 1.29 is 8.94 Å². The number of benzene rings is 1. The highest BCUT2D eigenvalue weighted by Crippen LogP contribution is 2.23. The van der Waals surface area contributed by atoms with E-state index in [1.807, 2.05) is 30.3 Å². The van der Waals surface area contributed by atoms with E-state index >= 15 is 0 Å². The fourth-order valence-electron chi connectivity index (χ4n) is 1.90. The predicted molar refractivity (Wildman–Crippen MR) is 68.0 cm³/mol. The van der Waals surface area contributed by atoms with Gasteiger partial charge in [-0.05, 0) is 19.1 Å². The molecule has 18 heavy (non-hydrogen) atoms. The van der Waals surface area contributed by atoms with E-state index in [4.69, 9.17) is 8.94 Å². The molecule has 2 heterocycles. The van der Waals surface area contributed by atoms with Crippen molar-refractivity contribution in [2.24, 2.45) is 0 Å². The summed E-state index contributed by atoms with van der Waals surface area (Å²) < 4.78 is 10.6. The fourth-order valence-corrected chi connectivity index (χ4v) is 1.90. The van der Waals surface area contributed by atoms with Crippen LogP contribution in [0, 0.1) is 0 Å². The highest BCUT2D eigenvalue weighted by molar-refractivity contribution is 5.77. The van der Waals surface area contributed by atoms with Gasteiger partial charge in [0.1, 0.15) is 17.6 Å². The smallest absolute Gasteiger partial charge is 0.134 e. The third kappa shape index (κ3) is 2.15. The number of nitrogens with zero attached hydrogens (tertiary/aromatic N) is 1. The SMILES string of the molecule is CC(NCc1ccon1)c1cc2ccccc2o1. The number of para-hydroxylation sites is 1. The van der Waals surface area contributed by atoms with Gasteiger partial charge < -0.3 is 14.3 Å². The first-order valence-electron chi connectivity index (χ1n) is 5.94. The molecule has 1 unspecified atom stereocenters. The molecule has 0 saturated heterocycles. The molecule has 4 nitrogen and oxygen atoms in total. The Bertz CT molecular complexity index is 595. The Balaban J connectivity index is 1.73. The van der Waals surface area contributed by atoms with E-state index in [1.54, 1.807) is 6.26 Å². The fraction of sp³-hybridized carbons (Fsp3) is 0.214. The zero-order valence-corrected chi connectivity index (χ0v) is 10.1. The first kappa shape index (κ1) is 11.0. The lowest BCUT2D eigenvalue weighted by Gasteiger charge is -2.09. The molecule has 0 aliphatic heterocycles. The van der Waals surface area contributed by atoms with Gasteiger partial charge in [-0.25, -0.2) is 0 Å². The second-order valence-electron chi connectivity index (χ2n) is 4.28. The van der Waals surface area contributed by atoms with Crippen molar-refractivity contribution in [3.05, 3.63) is 54.1 Å². The molecule has 0 bridgehead atoms. The van der Waals surface area contributed by atoms with Gasteiger partial charge in [0.25, 0.3) is 0 Å². The Hall–Kier alpha value is -2.07. The third-order valence-corrected chi connectivity index (χ3v) is 2.95. The summed E-state index contributed by atoms with van der Waals surface area (Å²) in [6.07, 6.45) is 1.57. The van der Waals surface area contributed by atoms with Crippen molar-refractivity contribution in [2.75, 3.05) is 0 Å². The summed E-state index contributed by atoms with van der Waals surface area (Å²) in [7, 11) is 0. The molecular formula is C14H14N2O2. The van der Waals surface area contributed by atoms with Crippen molar-refractivity contribution in [1.29, 1.82) is 0 Å². The molecule has 1 aromatic carbocycles. The summed E-state index contributed by atoms with van der Waals surface area (Å²) in [6, 6.07) is 12.1. The minimum absolute atomic E-state index is 0.133. The van der Waals surface area contributed by atoms with Crippen LogP contribution in [0.2, 0.25) is 0 Å². The molecular weight excluding hydrogens is 228 g/mol. The van der Waals surface area contributed by atoms with Crippen molar-refractivity contribution in [2.45, 2.75) is 19.5 Å². The zero-order valence-electron chi connectivity index (χ0n) is 10.1. The van der Waals surface area contributed by atoms with Gasteiger partial charge in [0, 0.05) is 18.0 Å². The molecule has 3 rings (SSSR count). The van der Waals surface area contributed by atoms with E-state index in [0.29, 0.717) is 6.54 Å². The molecule has 0 aliphatic rings. The maximum atomic E-state index is 5.79. The normalized spacial score (nSPS) is 12.9. The van der Waals surface area contributed by atoms with Crippen LogP contribution < -0.4 is 5.32 Å². The van der Waals surface area contributed by atoms with E-state index in [2.05, 4.69) is 23.5 Å². The summed E-state index contributed by atoms with van der Waals surface area (Å²) >= 11 is 0. The molecule has 1 atom stereocenters. The second kappa shape index (κ2) is 4.66. The maximum absolute atomic E-state index is 5.79. The summed E-state index contributed by atoms with van der Waals surface area (Å²) in [5.41, 5.74) is 1.81. The molecule has 92 valence electrons. The minimum Gasteiger partial charge on any atom is -0.459 e. The van der Waals surface area contributed by atoms with Gasteiger partial charge in [-0.1, -0.05) is 23.4 Å². The lowest BCUT2D eigenvalue weighted by Crippen LogP contribution is -2.17. The summed E-state index contributed by atoms with van der Waals surface area (Å²) in [4.78, 5) is 0. The van der Waals surface area contributed by atoms with Crippen LogP contribution in [-0.2, 0) is 6.54 Å². The van der Waals surface area contributed by atoms with E-state index in [0.717, 1.165) is 22.4 Å². The van der Waals surface area contributed by atoms with E-state index in [9.17, 15) is 0 Å². The van der Waals surface area contributed by atoms with E-state index in [1.165, 1.54) is 0 Å². The molecule has 0 aliphatic carbocycles. The Morgan fingerprint density at radius 1 is 1.28 bits per heavy atom. The molecule has 2 aromatic heterocycles. The number of hydrogen-bond acceptors (Lipinski definition) is 4. The molecule has 0 radical (unpaired) electrons. The molecule has 0 amide bonds. The van der Waals surface area contributed by atoms with Gasteiger partial charge in [-0.15, -0.1) is 0 Å². The predicted octanol–water partition coefficient (Wildman–Crippen LogP) is 3.27. The topological polar surface area (TPSA) is 51.2 Å². The van der Waals surface area contributed by atoms with Crippen LogP contribution in [0.15, 0.2) is 51.6 Å². The van der Waals surface area contributed by atoms with Crippen LogP contribution in [0.25, 0.3) is 11.0 Å². The third-order valence-electron chi connectivity index (χ3n) is 2.95. The van der Waals surface area contributed by atoms with Crippen molar-refractivity contribution in [3.8, 4) is 0 Å². The Kier molecular flexibility index (Phi) is 2.86. The second-order valence-corrected chi connectivity index (χ2v) is 4.28. The summed E-state index contributed by atoms with van der Waals surface area (Å²) in [6.45, 7) is 2.73. The van der Waals surface area contributed by atoms with Gasteiger partial charge in [0.15, 0.2) is 0 Å².